The Kier molecular flexibility index (Phi) is 8.19. The minimum Gasteiger partial charge on any atom is -0.456 e. The number of furan rings is 1. The lowest BCUT2D eigenvalue weighted by atomic mass is 9.67. The number of fused-ring (bicyclic) bond motifs is 14. The van der Waals surface area contributed by atoms with E-state index in [1.165, 1.54) is 59.6 Å². The summed E-state index contributed by atoms with van der Waals surface area (Å²) in [4.78, 5) is 7.47. The molecule has 3 aliphatic rings. The van der Waals surface area contributed by atoms with Crippen molar-refractivity contribution in [1.29, 1.82) is 0 Å². The quantitative estimate of drug-likeness (QED) is 0.166. The molecule has 0 fully saturated rings. The summed E-state index contributed by atoms with van der Waals surface area (Å²) in [5, 5.41) is 4.76. The second-order valence-electron chi connectivity index (χ2n) is 16.7. The van der Waals surface area contributed by atoms with Crippen molar-refractivity contribution >= 4 is 72.9 Å². The Morgan fingerprint density at radius 2 is 1.21 bits per heavy atom. The van der Waals surface area contributed by atoms with Gasteiger partial charge < -0.3 is 14.2 Å². The van der Waals surface area contributed by atoms with E-state index in [0.717, 1.165) is 63.2 Å². The van der Waals surface area contributed by atoms with Crippen LogP contribution < -0.4 is 9.80 Å². The molecule has 4 heteroatoms. The van der Waals surface area contributed by atoms with Crippen molar-refractivity contribution in [2.24, 2.45) is 0 Å². The molecule has 2 heterocycles. The van der Waals surface area contributed by atoms with E-state index in [1.807, 2.05) is 11.8 Å². The van der Waals surface area contributed by atoms with Crippen LogP contribution in [0.2, 0.25) is 0 Å². The monoisotopic (exact) mass is 824 g/mol. The number of allylic oxidation sites excluding steroid dienone is 4. The summed E-state index contributed by atoms with van der Waals surface area (Å²) in [5.41, 5.74) is 15.8. The Balaban J connectivity index is 1.04. The van der Waals surface area contributed by atoms with Gasteiger partial charge in [-0.05, 0) is 118 Å². The summed E-state index contributed by atoms with van der Waals surface area (Å²) in [6, 6.07) is 73.5. The molecule has 1 unspecified atom stereocenters. The summed E-state index contributed by atoms with van der Waals surface area (Å²) in [5.74, 6) is 0. The highest BCUT2D eigenvalue weighted by molar-refractivity contribution is 7.99. The smallest absolute Gasteiger partial charge is 0.137 e. The van der Waals surface area contributed by atoms with Crippen LogP contribution in [0.4, 0.5) is 28.4 Å². The zero-order valence-electron chi connectivity index (χ0n) is 34.4. The second-order valence-corrected chi connectivity index (χ2v) is 17.7. The Hall–Kier alpha value is -7.53. The number of rotatable bonds is 6. The third-order valence-corrected chi connectivity index (χ3v) is 14.6. The number of anilines is 5. The molecular weight excluding hydrogens is 785 g/mol. The minimum absolute atomic E-state index is 0.515. The molecule has 1 atom stereocenters. The van der Waals surface area contributed by atoms with Crippen LogP contribution in [-0.4, -0.2) is 0 Å². The fourth-order valence-corrected chi connectivity index (χ4v) is 12.1. The van der Waals surface area contributed by atoms with Gasteiger partial charge in [-0.3, -0.25) is 0 Å². The molecule has 0 radical (unpaired) electrons. The SMILES string of the molecule is C1=CCCC(N(c2ccccc2)c2cccc3oc4cc(N(c5ccccc5)c5cccc6c5-c5ccccc5C65c6ccccc6Sc6c5ccc5ccccc65)ccc4c23)=C1. The maximum Gasteiger partial charge on any atom is 0.137 e. The molecule has 0 saturated carbocycles. The van der Waals surface area contributed by atoms with Crippen LogP contribution in [0.15, 0.2) is 238 Å². The van der Waals surface area contributed by atoms with Crippen LogP contribution in [0.1, 0.15) is 35.1 Å². The average Bonchev–Trinajstić information content (AvgIpc) is 3.87. The van der Waals surface area contributed by atoms with Gasteiger partial charge in [0.2, 0.25) is 0 Å². The average molecular weight is 825 g/mol. The molecule has 13 rings (SSSR count). The largest absolute Gasteiger partial charge is 0.456 e. The van der Waals surface area contributed by atoms with Crippen LogP contribution >= 0.6 is 11.8 Å². The summed E-state index contributed by atoms with van der Waals surface area (Å²) in [7, 11) is 0. The summed E-state index contributed by atoms with van der Waals surface area (Å²) >= 11 is 1.91. The van der Waals surface area contributed by atoms with Crippen LogP contribution in [0, 0.1) is 0 Å². The molecule has 0 saturated heterocycles. The topological polar surface area (TPSA) is 19.6 Å². The molecule has 0 N–H and O–H groups in total. The van der Waals surface area contributed by atoms with E-state index in [0.29, 0.717) is 0 Å². The van der Waals surface area contributed by atoms with Gasteiger partial charge in [-0.15, -0.1) is 0 Å². The van der Waals surface area contributed by atoms with Crippen molar-refractivity contribution in [2.45, 2.75) is 28.0 Å². The van der Waals surface area contributed by atoms with Crippen molar-refractivity contribution in [3.63, 3.8) is 0 Å². The standard InChI is InChI=1S/C59H40N2OS/c1-4-19-40(20-5-1)60(41-21-6-2-7-22-41)52-31-17-32-53-57(52)46-36-35-43(38-54(46)62-53)61(42-23-8-3-9-24-42)51-30-16-29-49-56(51)45-26-12-13-27-47(45)59(49)48-28-14-15-33-55(48)63-58-44-25-11-10-18-39(44)34-37-50(58)59/h1-6,8-21,23-38H,7,22H2. The lowest BCUT2D eigenvalue weighted by Crippen LogP contribution is -2.32. The molecule has 3 nitrogen and oxygen atoms in total. The number of nitrogens with zero attached hydrogens (tertiary/aromatic N) is 2. The maximum absolute atomic E-state index is 6.89. The molecular formula is C59H40N2OS. The first-order valence-electron chi connectivity index (χ1n) is 21.8. The van der Waals surface area contributed by atoms with Gasteiger partial charge in [0.15, 0.2) is 0 Å². The summed E-state index contributed by atoms with van der Waals surface area (Å²) in [6.07, 6.45) is 8.65. The van der Waals surface area contributed by atoms with Crippen molar-refractivity contribution < 1.29 is 4.42 Å². The number of hydrogen-bond donors (Lipinski definition) is 0. The van der Waals surface area contributed by atoms with Crippen LogP contribution in [-0.2, 0) is 5.41 Å². The molecule has 63 heavy (non-hydrogen) atoms. The zero-order chi connectivity index (χ0) is 41.5. The normalized spacial score (nSPS) is 15.8. The molecule has 0 bridgehead atoms. The van der Waals surface area contributed by atoms with Crippen molar-refractivity contribution in [1.82, 2.24) is 0 Å². The van der Waals surface area contributed by atoms with Crippen molar-refractivity contribution in [3.05, 3.63) is 246 Å². The fourth-order valence-electron chi connectivity index (χ4n) is 10.8. The van der Waals surface area contributed by atoms with Gasteiger partial charge in [0, 0.05) is 49.6 Å². The first kappa shape index (κ1) is 36.2. The second kappa shape index (κ2) is 14.3. The number of benzene rings is 9. The van der Waals surface area contributed by atoms with E-state index >= 15 is 0 Å². The van der Waals surface area contributed by atoms with E-state index in [2.05, 4.69) is 228 Å². The Bertz CT molecular complexity index is 3510. The summed E-state index contributed by atoms with van der Waals surface area (Å²) < 4.78 is 6.89. The van der Waals surface area contributed by atoms with E-state index in [4.69, 9.17) is 4.42 Å². The van der Waals surface area contributed by atoms with Crippen molar-refractivity contribution in [2.75, 3.05) is 9.80 Å². The third kappa shape index (κ3) is 5.35. The van der Waals surface area contributed by atoms with E-state index in [9.17, 15) is 0 Å². The molecule has 9 aromatic carbocycles. The molecule has 10 aromatic rings. The number of para-hydroxylation sites is 2. The van der Waals surface area contributed by atoms with Gasteiger partial charge in [-0.1, -0.05) is 157 Å². The Labute approximate surface area is 370 Å². The van der Waals surface area contributed by atoms with Crippen LogP contribution in [0.5, 0.6) is 0 Å². The minimum atomic E-state index is -0.515. The van der Waals surface area contributed by atoms with Gasteiger partial charge in [0.25, 0.3) is 0 Å². The highest BCUT2D eigenvalue weighted by Gasteiger charge is 2.51. The van der Waals surface area contributed by atoms with E-state index < -0.39 is 5.41 Å². The number of hydrogen-bond acceptors (Lipinski definition) is 4. The molecule has 1 spiro atoms. The van der Waals surface area contributed by atoms with E-state index in [-0.39, 0.29) is 0 Å². The zero-order valence-corrected chi connectivity index (χ0v) is 35.2. The summed E-state index contributed by atoms with van der Waals surface area (Å²) in [6.45, 7) is 0. The lowest BCUT2D eigenvalue weighted by molar-refractivity contribution is 0.669. The van der Waals surface area contributed by atoms with Gasteiger partial charge >= 0.3 is 0 Å². The van der Waals surface area contributed by atoms with Crippen molar-refractivity contribution in [3.8, 4) is 11.1 Å². The van der Waals surface area contributed by atoms with Gasteiger partial charge in [-0.25, -0.2) is 0 Å². The van der Waals surface area contributed by atoms with Gasteiger partial charge in [0.05, 0.1) is 22.2 Å². The molecule has 0 amide bonds. The molecule has 1 aromatic heterocycles. The van der Waals surface area contributed by atoms with Gasteiger partial charge in [0.1, 0.15) is 11.2 Å². The maximum atomic E-state index is 6.89. The van der Waals surface area contributed by atoms with Gasteiger partial charge in [-0.2, -0.15) is 0 Å². The fraction of sp³-hybridized carbons (Fsp3) is 0.0508. The van der Waals surface area contributed by atoms with Crippen LogP contribution in [0.3, 0.4) is 0 Å². The first-order chi connectivity index (χ1) is 31.3. The third-order valence-electron chi connectivity index (χ3n) is 13.3. The predicted octanol–water partition coefficient (Wildman–Crippen LogP) is 16.4. The highest BCUT2D eigenvalue weighted by atomic mass is 32.2. The molecule has 1 aliphatic heterocycles. The van der Waals surface area contributed by atoms with E-state index in [1.54, 1.807) is 0 Å². The molecule has 2 aliphatic carbocycles. The lowest BCUT2D eigenvalue weighted by Gasteiger charge is -2.40. The Morgan fingerprint density at radius 1 is 0.492 bits per heavy atom. The first-order valence-corrected chi connectivity index (χ1v) is 22.6. The predicted molar refractivity (Wildman–Crippen MR) is 262 cm³/mol. The van der Waals surface area contributed by atoms with Crippen LogP contribution in [0.25, 0.3) is 43.8 Å². The highest BCUT2D eigenvalue weighted by Crippen LogP contribution is 2.65. The molecule has 298 valence electrons. The Morgan fingerprint density at radius 3 is 2.05 bits per heavy atom.